The summed E-state index contributed by atoms with van der Waals surface area (Å²) >= 11 is 0. The molecule has 106 valence electrons. The maximum absolute atomic E-state index is 12.2. The highest BCUT2D eigenvalue weighted by molar-refractivity contribution is 6.04. The molecule has 1 aromatic rings. The molecule has 0 N–H and O–H groups in total. The van der Waals surface area contributed by atoms with E-state index in [1.54, 1.807) is 6.92 Å². The van der Waals surface area contributed by atoms with Crippen LogP contribution in [-0.4, -0.2) is 27.4 Å². The Bertz CT molecular complexity index is 549. The van der Waals surface area contributed by atoms with Gasteiger partial charge in [0.2, 0.25) is 5.91 Å². The molecular weight excluding hydrogens is 252 g/mol. The molecule has 1 heterocycles. The zero-order valence-electron chi connectivity index (χ0n) is 12.2. The third-order valence-electron chi connectivity index (χ3n) is 3.49. The molecular formula is C16H20N2O2. The van der Waals surface area contributed by atoms with E-state index in [-0.39, 0.29) is 17.4 Å². The molecule has 0 bridgehead atoms. The number of carbonyl (C=O) groups excluding carboxylic acids is 2. The number of imide groups is 1. The largest absolute Gasteiger partial charge is 0.273 e. The minimum Gasteiger partial charge on any atom is -0.273 e. The molecule has 4 nitrogen and oxygen atoms in total. The fraction of sp³-hybridized carbons (Fsp3) is 0.375. The first kappa shape index (κ1) is 14.5. The van der Waals surface area contributed by atoms with Crippen LogP contribution in [0.4, 0.5) is 0 Å². The first-order valence-electron chi connectivity index (χ1n) is 6.67. The monoisotopic (exact) mass is 272 g/mol. The number of hydrazine groups is 1. The van der Waals surface area contributed by atoms with Crippen LogP contribution in [0.1, 0.15) is 32.8 Å². The van der Waals surface area contributed by atoms with Crippen molar-refractivity contribution in [3.05, 3.63) is 48.0 Å². The summed E-state index contributed by atoms with van der Waals surface area (Å²) in [6, 6.07) is 9.82. The number of hydrogen-bond donors (Lipinski definition) is 0. The van der Waals surface area contributed by atoms with Crippen LogP contribution >= 0.6 is 0 Å². The van der Waals surface area contributed by atoms with Gasteiger partial charge in [-0.3, -0.25) is 9.59 Å². The van der Waals surface area contributed by atoms with Crippen molar-refractivity contribution in [2.24, 2.45) is 0 Å². The lowest BCUT2D eigenvalue weighted by atomic mass is 10.0. The van der Waals surface area contributed by atoms with E-state index in [0.717, 1.165) is 5.56 Å². The van der Waals surface area contributed by atoms with Crippen molar-refractivity contribution in [1.82, 2.24) is 10.0 Å². The van der Waals surface area contributed by atoms with E-state index in [9.17, 15) is 9.59 Å². The van der Waals surface area contributed by atoms with Gasteiger partial charge in [0.05, 0.1) is 0 Å². The number of carbonyl (C=O) groups is 2. The molecule has 1 saturated heterocycles. The van der Waals surface area contributed by atoms with Crippen LogP contribution in [0.2, 0.25) is 0 Å². The second-order valence-corrected chi connectivity index (χ2v) is 5.82. The summed E-state index contributed by atoms with van der Waals surface area (Å²) in [6.07, 6.45) is 0.332. The van der Waals surface area contributed by atoms with Gasteiger partial charge < -0.3 is 0 Å². The van der Waals surface area contributed by atoms with Crippen molar-refractivity contribution in [1.29, 1.82) is 0 Å². The quantitative estimate of drug-likeness (QED) is 0.794. The second kappa shape index (κ2) is 5.21. The summed E-state index contributed by atoms with van der Waals surface area (Å²) in [4.78, 5) is 24.4. The minimum absolute atomic E-state index is 0.168. The van der Waals surface area contributed by atoms with E-state index >= 15 is 0 Å². The average molecular weight is 272 g/mol. The predicted molar refractivity (Wildman–Crippen MR) is 77.3 cm³/mol. The van der Waals surface area contributed by atoms with Crippen LogP contribution in [-0.2, 0) is 16.1 Å². The summed E-state index contributed by atoms with van der Waals surface area (Å²) in [7, 11) is 0. The molecule has 1 fully saturated rings. The van der Waals surface area contributed by atoms with Gasteiger partial charge in [-0.2, -0.15) is 0 Å². The fourth-order valence-electron chi connectivity index (χ4n) is 2.39. The SMILES string of the molecule is C=C(C)C(=O)N1C(=O)CC(C)(C)N1Cc1ccccc1. The lowest BCUT2D eigenvalue weighted by Crippen LogP contribution is -2.49. The van der Waals surface area contributed by atoms with Gasteiger partial charge in [0, 0.05) is 24.1 Å². The Hall–Kier alpha value is -1.94. The first-order chi connectivity index (χ1) is 9.33. The molecule has 1 aliphatic rings. The predicted octanol–water partition coefficient (Wildman–Crippen LogP) is 2.52. The van der Waals surface area contributed by atoms with Crippen molar-refractivity contribution in [3.63, 3.8) is 0 Å². The summed E-state index contributed by atoms with van der Waals surface area (Å²) < 4.78 is 0. The maximum Gasteiger partial charge on any atom is 0.270 e. The Labute approximate surface area is 119 Å². The van der Waals surface area contributed by atoms with Crippen LogP contribution < -0.4 is 0 Å². The van der Waals surface area contributed by atoms with E-state index in [0.29, 0.717) is 18.5 Å². The normalized spacial score (nSPS) is 18.4. The smallest absolute Gasteiger partial charge is 0.270 e. The molecule has 1 aliphatic heterocycles. The Morgan fingerprint density at radius 1 is 1.30 bits per heavy atom. The summed E-state index contributed by atoms with van der Waals surface area (Å²) in [5.74, 6) is -0.490. The van der Waals surface area contributed by atoms with Crippen molar-refractivity contribution >= 4 is 11.8 Å². The van der Waals surface area contributed by atoms with Crippen molar-refractivity contribution in [2.45, 2.75) is 39.3 Å². The van der Waals surface area contributed by atoms with Gasteiger partial charge in [0.1, 0.15) is 0 Å². The molecule has 20 heavy (non-hydrogen) atoms. The molecule has 0 radical (unpaired) electrons. The first-order valence-corrected chi connectivity index (χ1v) is 6.67. The van der Waals surface area contributed by atoms with Crippen LogP contribution in [0, 0.1) is 0 Å². The summed E-state index contributed by atoms with van der Waals surface area (Å²) in [6.45, 7) is 9.75. The third-order valence-corrected chi connectivity index (χ3v) is 3.49. The van der Waals surface area contributed by atoms with E-state index in [2.05, 4.69) is 6.58 Å². The van der Waals surface area contributed by atoms with Gasteiger partial charge in [-0.15, -0.1) is 0 Å². The molecule has 0 aromatic heterocycles. The number of hydrogen-bond acceptors (Lipinski definition) is 3. The van der Waals surface area contributed by atoms with Crippen LogP contribution in [0.5, 0.6) is 0 Å². The number of amides is 2. The summed E-state index contributed by atoms with van der Waals surface area (Å²) in [5, 5.41) is 3.08. The molecule has 1 aromatic carbocycles. The van der Waals surface area contributed by atoms with Gasteiger partial charge in [-0.25, -0.2) is 10.0 Å². The topological polar surface area (TPSA) is 40.6 Å². The van der Waals surface area contributed by atoms with Crippen molar-refractivity contribution in [2.75, 3.05) is 0 Å². The minimum atomic E-state index is -0.377. The molecule has 0 atom stereocenters. The number of rotatable bonds is 3. The molecule has 4 heteroatoms. The van der Waals surface area contributed by atoms with Crippen molar-refractivity contribution in [3.8, 4) is 0 Å². The van der Waals surface area contributed by atoms with Crippen LogP contribution in [0.3, 0.4) is 0 Å². The lowest BCUT2D eigenvalue weighted by molar-refractivity contribution is -0.157. The highest BCUT2D eigenvalue weighted by atomic mass is 16.2. The standard InChI is InChI=1S/C16H20N2O2/c1-12(2)15(20)18-14(19)10-16(3,4)17(18)11-13-8-6-5-7-9-13/h5-9H,1,10-11H2,2-4H3. The zero-order valence-corrected chi connectivity index (χ0v) is 12.2. The Morgan fingerprint density at radius 3 is 2.45 bits per heavy atom. The molecule has 0 saturated carbocycles. The number of benzene rings is 1. The van der Waals surface area contributed by atoms with Gasteiger partial charge in [-0.1, -0.05) is 36.9 Å². The average Bonchev–Trinajstić information content (AvgIpc) is 2.59. The van der Waals surface area contributed by atoms with Crippen LogP contribution in [0.15, 0.2) is 42.5 Å². The van der Waals surface area contributed by atoms with E-state index in [4.69, 9.17) is 0 Å². The van der Waals surface area contributed by atoms with Gasteiger partial charge in [-0.05, 0) is 26.3 Å². The lowest BCUT2D eigenvalue weighted by Gasteiger charge is -2.35. The second-order valence-electron chi connectivity index (χ2n) is 5.82. The van der Waals surface area contributed by atoms with E-state index < -0.39 is 0 Å². The Morgan fingerprint density at radius 2 is 1.90 bits per heavy atom. The Balaban J connectivity index is 2.32. The third kappa shape index (κ3) is 2.65. The number of nitrogens with zero attached hydrogens (tertiary/aromatic N) is 2. The zero-order chi connectivity index (χ0) is 14.9. The van der Waals surface area contributed by atoms with Crippen LogP contribution in [0.25, 0.3) is 0 Å². The molecule has 0 spiro atoms. The van der Waals surface area contributed by atoms with E-state index in [1.165, 1.54) is 5.01 Å². The molecule has 0 aliphatic carbocycles. The Kier molecular flexibility index (Phi) is 3.77. The van der Waals surface area contributed by atoms with Gasteiger partial charge >= 0.3 is 0 Å². The van der Waals surface area contributed by atoms with Crippen molar-refractivity contribution < 1.29 is 9.59 Å². The highest BCUT2D eigenvalue weighted by Gasteiger charge is 2.46. The fourth-order valence-corrected chi connectivity index (χ4v) is 2.39. The van der Waals surface area contributed by atoms with E-state index in [1.807, 2.05) is 49.2 Å². The maximum atomic E-state index is 12.2. The molecule has 2 rings (SSSR count). The highest BCUT2D eigenvalue weighted by Crippen LogP contribution is 2.32. The van der Waals surface area contributed by atoms with Gasteiger partial charge in [0.25, 0.3) is 5.91 Å². The molecule has 2 amide bonds. The summed E-state index contributed by atoms with van der Waals surface area (Å²) in [5.41, 5.74) is 1.06. The van der Waals surface area contributed by atoms with Gasteiger partial charge in [0.15, 0.2) is 0 Å². The molecule has 0 unspecified atom stereocenters.